The van der Waals surface area contributed by atoms with Gasteiger partial charge in [0.25, 0.3) is 10.0 Å². The zero-order chi connectivity index (χ0) is 17.0. The molecule has 1 aliphatic rings. The number of aromatic nitrogens is 2. The van der Waals surface area contributed by atoms with Crippen molar-refractivity contribution in [3.05, 3.63) is 42.8 Å². The fourth-order valence-corrected chi connectivity index (χ4v) is 3.89. The smallest absolute Gasteiger partial charge is 0.260 e. The molecule has 1 aliphatic heterocycles. The van der Waals surface area contributed by atoms with Gasteiger partial charge in [0.05, 0.1) is 18.8 Å². The molecule has 0 spiro atoms. The topological polar surface area (TPSA) is 99.5 Å². The quantitative estimate of drug-likeness (QED) is 0.827. The van der Waals surface area contributed by atoms with Crippen molar-refractivity contribution in [1.82, 2.24) is 19.2 Å². The molecule has 3 heterocycles. The van der Waals surface area contributed by atoms with Crippen molar-refractivity contribution in [1.29, 1.82) is 0 Å². The highest BCUT2D eigenvalue weighted by Gasteiger charge is 2.28. The van der Waals surface area contributed by atoms with Crippen molar-refractivity contribution in [2.45, 2.75) is 11.4 Å². The maximum atomic E-state index is 12.5. The summed E-state index contributed by atoms with van der Waals surface area (Å²) in [7, 11) is -3.59. The lowest BCUT2D eigenvalue weighted by atomic mass is 10.3. The number of carbonyl (C=O) groups excluding carboxylic acids is 1. The Morgan fingerprint density at radius 1 is 1.29 bits per heavy atom. The van der Waals surface area contributed by atoms with Gasteiger partial charge in [-0.05, 0) is 24.6 Å². The number of nitrogens with one attached hydrogen (secondary N) is 1. The Morgan fingerprint density at radius 2 is 2.17 bits per heavy atom. The van der Waals surface area contributed by atoms with Crippen LogP contribution in [0.3, 0.4) is 0 Å². The maximum absolute atomic E-state index is 12.5. The zero-order valence-electron chi connectivity index (χ0n) is 13.0. The standard InChI is InChI=1S/C15H18N4O4S/c20-15(5-4-13-3-1-10-23-13)18-6-2-7-19(9-8-18)24(21,22)14-11-16-12-17-14/h1,3-5,10-12H,2,6-9H2,(H,16,17). The molecule has 1 fully saturated rings. The summed E-state index contributed by atoms with van der Waals surface area (Å²) in [6.07, 6.45) is 7.78. The Hall–Kier alpha value is -2.39. The fraction of sp³-hybridized carbons (Fsp3) is 0.333. The summed E-state index contributed by atoms with van der Waals surface area (Å²) >= 11 is 0. The second kappa shape index (κ2) is 7.02. The van der Waals surface area contributed by atoms with Gasteiger partial charge in [-0.25, -0.2) is 13.4 Å². The highest BCUT2D eigenvalue weighted by molar-refractivity contribution is 7.89. The summed E-state index contributed by atoms with van der Waals surface area (Å²) in [5, 5.41) is 0.0694. The summed E-state index contributed by atoms with van der Waals surface area (Å²) in [5.41, 5.74) is 0. The van der Waals surface area contributed by atoms with E-state index in [4.69, 9.17) is 4.42 Å². The van der Waals surface area contributed by atoms with E-state index in [1.54, 1.807) is 23.1 Å². The molecule has 1 amide bonds. The Labute approximate surface area is 139 Å². The minimum absolute atomic E-state index is 0.0694. The van der Waals surface area contributed by atoms with Gasteiger partial charge in [-0.3, -0.25) is 4.79 Å². The van der Waals surface area contributed by atoms with Crippen LogP contribution in [0.5, 0.6) is 0 Å². The van der Waals surface area contributed by atoms with Crippen molar-refractivity contribution in [2.75, 3.05) is 26.2 Å². The molecule has 0 unspecified atom stereocenters. The number of carbonyl (C=O) groups is 1. The normalized spacial score (nSPS) is 17.2. The third-order valence-corrected chi connectivity index (χ3v) is 5.61. The molecule has 0 radical (unpaired) electrons. The molecule has 1 saturated heterocycles. The lowest BCUT2D eigenvalue weighted by molar-refractivity contribution is -0.125. The molecule has 0 atom stereocenters. The van der Waals surface area contributed by atoms with Gasteiger partial charge in [-0.15, -0.1) is 0 Å². The number of aromatic amines is 1. The van der Waals surface area contributed by atoms with Crippen LogP contribution >= 0.6 is 0 Å². The van der Waals surface area contributed by atoms with Crippen LogP contribution in [0.15, 0.2) is 46.4 Å². The summed E-state index contributed by atoms with van der Waals surface area (Å²) in [6, 6.07) is 3.50. The van der Waals surface area contributed by atoms with Gasteiger partial charge in [-0.1, -0.05) is 0 Å². The predicted molar refractivity (Wildman–Crippen MR) is 86.3 cm³/mol. The van der Waals surface area contributed by atoms with Crippen molar-refractivity contribution in [3.63, 3.8) is 0 Å². The Bertz CT molecular complexity index is 797. The van der Waals surface area contributed by atoms with E-state index in [1.165, 1.54) is 29.2 Å². The van der Waals surface area contributed by atoms with Crippen LogP contribution in [-0.4, -0.2) is 59.7 Å². The summed E-state index contributed by atoms with van der Waals surface area (Å²) in [4.78, 5) is 20.3. The predicted octanol–water partition coefficient (Wildman–Crippen LogP) is 0.939. The lowest BCUT2D eigenvalue weighted by Gasteiger charge is -2.20. The van der Waals surface area contributed by atoms with Gasteiger partial charge in [0.2, 0.25) is 5.91 Å². The van der Waals surface area contributed by atoms with E-state index in [0.717, 1.165) is 0 Å². The van der Waals surface area contributed by atoms with Gasteiger partial charge in [0.1, 0.15) is 5.76 Å². The van der Waals surface area contributed by atoms with Crippen LogP contribution < -0.4 is 0 Å². The first-order valence-corrected chi connectivity index (χ1v) is 9.00. The summed E-state index contributed by atoms with van der Waals surface area (Å²) in [6.45, 7) is 1.47. The average molecular weight is 350 g/mol. The lowest BCUT2D eigenvalue weighted by Crippen LogP contribution is -2.36. The molecule has 24 heavy (non-hydrogen) atoms. The molecule has 8 nitrogen and oxygen atoms in total. The number of amides is 1. The highest BCUT2D eigenvalue weighted by Crippen LogP contribution is 2.15. The molecular weight excluding hydrogens is 332 g/mol. The molecule has 128 valence electrons. The van der Waals surface area contributed by atoms with Crippen molar-refractivity contribution < 1.29 is 17.6 Å². The van der Waals surface area contributed by atoms with E-state index >= 15 is 0 Å². The number of sulfonamides is 1. The largest absolute Gasteiger partial charge is 0.465 e. The molecule has 9 heteroatoms. The first-order valence-electron chi connectivity index (χ1n) is 7.56. The van der Waals surface area contributed by atoms with E-state index < -0.39 is 10.0 Å². The van der Waals surface area contributed by atoms with Gasteiger partial charge in [-0.2, -0.15) is 4.31 Å². The zero-order valence-corrected chi connectivity index (χ0v) is 13.8. The number of H-pyrrole nitrogens is 1. The first-order chi connectivity index (χ1) is 11.6. The van der Waals surface area contributed by atoms with Gasteiger partial charge >= 0.3 is 0 Å². The highest BCUT2D eigenvalue weighted by atomic mass is 32.2. The van der Waals surface area contributed by atoms with Gasteiger partial charge in [0.15, 0.2) is 5.03 Å². The van der Waals surface area contributed by atoms with Crippen molar-refractivity contribution >= 4 is 22.0 Å². The van der Waals surface area contributed by atoms with Crippen LogP contribution in [-0.2, 0) is 14.8 Å². The van der Waals surface area contributed by atoms with E-state index in [0.29, 0.717) is 31.8 Å². The number of nitrogens with zero attached hydrogens (tertiary/aromatic N) is 3. The van der Waals surface area contributed by atoms with E-state index in [1.807, 2.05) is 0 Å². The Balaban J connectivity index is 1.64. The minimum Gasteiger partial charge on any atom is -0.465 e. The monoisotopic (exact) mass is 350 g/mol. The number of imidazole rings is 1. The van der Waals surface area contributed by atoms with Gasteiger partial charge < -0.3 is 14.3 Å². The van der Waals surface area contributed by atoms with Crippen molar-refractivity contribution in [3.8, 4) is 0 Å². The number of rotatable bonds is 4. The molecule has 0 aromatic carbocycles. The summed E-state index contributed by atoms with van der Waals surface area (Å²) < 4.78 is 31.5. The molecule has 1 N–H and O–H groups in total. The number of hydrogen-bond acceptors (Lipinski definition) is 5. The molecule has 3 rings (SSSR count). The molecular formula is C15H18N4O4S. The molecule has 2 aromatic rings. The third-order valence-electron chi connectivity index (χ3n) is 3.79. The Morgan fingerprint density at radius 3 is 2.88 bits per heavy atom. The maximum Gasteiger partial charge on any atom is 0.260 e. The number of furan rings is 1. The number of hydrogen-bond donors (Lipinski definition) is 1. The van der Waals surface area contributed by atoms with Crippen LogP contribution in [0, 0.1) is 0 Å². The molecule has 0 aliphatic carbocycles. The fourth-order valence-electron chi connectivity index (χ4n) is 2.52. The minimum atomic E-state index is -3.59. The van der Waals surface area contributed by atoms with E-state index in [-0.39, 0.29) is 17.5 Å². The second-order valence-electron chi connectivity index (χ2n) is 5.35. The average Bonchev–Trinajstić information content (AvgIpc) is 3.22. The summed E-state index contributed by atoms with van der Waals surface area (Å²) in [5.74, 6) is 0.439. The van der Waals surface area contributed by atoms with Crippen molar-refractivity contribution in [2.24, 2.45) is 0 Å². The SMILES string of the molecule is O=C(C=Cc1ccco1)N1CCCN(S(=O)(=O)c2cnc[nH]2)CC1. The molecule has 0 saturated carbocycles. The van der Waals surface area contributed by atoms with Crippen LogP contribution in [0.25, 0.3) is 6.08 Å². The molecule has 0 bridgehead atoms. The third kappa shape index (κ3) is 3.57. The van der Waals surface area contributed by atoms with E-state index in [9.17, 15) is 13.2 Å². The van der Waals surface area contributed by atoms with Gasteiger partial charge in [0, 0.05) is 32.3 Å². The molecule has 2 aromatic heterocycles. The van der Waals surface area contributed by atoms with Crippen LogP contribution in [0.4, 0.5) is 0 Å². The van der Waals surface area contributed by atoms with Crippen LogP contribution in [0.2, 0.25) is 0 Å². The second-order valence-corrected chi connectivity index (χ2v) is 7.25. The first kappa shape index (κ1) is 16.5. The van der Waals surface area contributed by atoms with Crippen LogP contribution in [0.1, 0.15) is 12.2 Å². The van der Waals surface area contributed by atoms with E-state index in [2.05, 4.69) is 9.97 Å². The Kier molecular flexibility index (Phi) is 4.81.